The van der Waals surface area contributed by atoms with E-state index in [1.807, 2.05) is 0 Å². The van der Waals surface area contributed by atoms with E-state index < -0.39 is 0 Å². The number of nitrogens with one attached hydrogen (secondary N) is 1. The molecule has 0 heterocycles. The zero-order valence-corrected chi connectivity index (χ0v) is 9.75. The predicted octanol–water partition coefficient (Wildman–Crippen LogP) is 1.41. The molecule has 0 amide bonds. The summed E-state index contributed by atoms with van der Waals surface area (Å²) >= 11 is 0. The maximum Gasteiger partial charge on any atom is 0.0618 e. The highest BCUT2D eigenvalue weighted by atomic mass is 16.5. The fraction of sp³-hybridized carbons (Fsp3) is 1.00. The molecule has 0 aliphatic heterocycles. The molecule has 0 spiro atoms. The molecule has 0 saturated heterocycles. The van der Waals surface area contributed by atoms with Crippen LogP contribution < -0.4 is 5.32 Å². The Morgan fingerprint density at radius 3 is 2.43 bits per heavy atom. The summed E-state index contributed by atoms with van der Waals surface area (Å²) in [5.74, 6) is 0.604. The largest absolute Gasteiger partial charge is 0.396 e. The lowest BCUT2D eigenvalue weighted by Gasteiger charge is -2.21. The molecule has 0 aliphatic rings. The third-order valence-corrected chi connectivity index (χ3v) is 2.39. The Kier molecular flexibility index (Phi) is 9.35. The number of hydrogen-bond acceptors (Lipinski definition) is 3. The van der Waals surface area contributed by atoms with E-state index in [0.29, 0.717) is 18.6 Å². The fourth-order valence-electron chi connectivity index (χ4n) is 1.37. The summed E-state index contributed by atoms with van der Waals surface area (Å²) < 4.78 is 5.14. The first-order valence-corrected chi connectivity index (χ1v) is 5.55. The number of rotatable bonds is 9. The summed E-state index contributed by atoms with van der Waals surface area (Å²) in [6, 6.07) is 0.453. The standard InChI is InChI=1S/C11H25NO2/c1-10(2)11(9-14-3)12-7-5-4-6-8-13/h10-13H,4-9H2,1-3H3. The van der Waals surface area contributed by atoms with Crippen LogP contribution in [0.15, 0.2) is 0 Å². The highest BCUT2D eigenvalue weighted by molar-refractivity contribution is 4.69. The van der Waals surface area contributed by atoms with E-state index in [4.69, 9.17) is 9.84 Å². The van der Waals surface area contributed by atoms with E-state index in [1.165, 1.54) is 0 Å². The van der Waals surface area contributed by atoms with Gasteiger partial charge in [0.2, 0.25) is 0 Å². The smallest absolute Gasteiger partial charge is 0.0618 e. The van der Waals surface area contributed by atoms with Crippen LogP contribution >= 0.6 is 0 Å². The van der Waals surface area contributed by atoms with Crippen molar-refractivity contribution in [2.45, 2.75) is 39.2 Å². The second-order valence-electron chi connectivity index (χ2n) is 4.04. The average molecular weight is 203 g/mol. The van der Waals surface area contributed by atoms with Crippen LogP contribution in [0.1, 0.15) is 33.1 Å². The van der Waals surface area contributed by atoms with Crippen molar-refractivity contribution in [1.29, 1.82) is 0 Å². The van der Waals surface area contributed by atoms with Gasteiger partial charge in [0.05, 0.1) is 6.61 Å². The van der Waals surface area contributed by atoms with Crippen LogP contribution in [0, 0.1) is 5.92 Å². The molecule has 14 heavy (non-hydrogen) atoms. The van der Waals surface area contributed by atoms with E-state index in [-0.39, 0.29) is 0 Å². The van der Waals surface area contributed by atoms with E-state index >= 15 is 0 Å². The number of hydrogen-bond donors (Lipinski definition) is 2. The molecule has 0 saturated carbocycles. The van der Waals surface area contributed by atoms with Gasteiger partial charge in [0.15, 0.2) is 0 Å². The second kappa shape index (κ2) is 9.44. The van der Waals surface area contributed by atoms with Gasteiger partial charge in [-0.15, -0.1) is 0 Å². The Bertz CT molecular complexity index is 118. The molecule has 0 bridgehead atoms. The number of methoxy groups -OCH3 is 1. The average Bonchev–Trinajstić information content (AvgIpc) is 2.15. The van der Waals surface area contributed by atoms with Crippen molar-refractivity contribution in [2.75, 3.05) is 26.9 Å². The van der Waals surface area contributed by atoms with Crippen molar-refractivity contribution in [3.63, 3.8) is 0 Å². The Labute approximate surface area is 87.8 Å². The van der Waals surface area contributed by atoms with Gasteiger partial charge >= 0.3 is 0 Å². The van der Waals surface area contributed by atoms with Crippen LogP contribution in [-0.4, -0.2) is 38.0 Å². The fourth-order valence-corrected chi connectivity index (χ4v) is 1.37. The number of ether oxygens (including phenoxy) is 1. The molecule has 0 fully saturated rings. The maximum absolute atomic E-state index is 8.61. The minimum absolute atomic E-state index is 0.311. The van der Waals surface area contributed by atoms with Gasteiger partial charge in [-0.3, -0.25) is 0 Å². The van der Waals surface area contributed by atoms with E-state index in [9.17, 15) is 0 Å². The summed E-state index contributed by atoms with van der Waals surface area (Å²) in [4.78, 5) is 0. The molecule has 86 valence electrons. The van der Waals surface area contributed by atoms with Gasteiger partial charge in [-0.2, -0.15) is 0 Å². The summed E-state index contributed by atoms with van der Waals surface area (Å²) in [5.41, 5.74) is 0. The van der Waals surface area contributed by atoms with Crippen LogP contribution in [-0.2, 0) is 4.74 Å². The molecule has 0 aromatic heterocycles. The lowest BCUT2D eigenvalue weighted by Crippen LogP contribution is -2.38. The molecule has 0 aromatic carbocycles. The van der Waals surface area contributed by atoms with Gasteiger partial charge in [0.25, 0.3) is 0 Å². The Hall–Kier alpha value is -0.120. The Balaban J connectivity index is 3.41. The zero-order valence-electron chi connectivity index (χ0n) is 9.75. The first-order chi connectivity index (χ1) is 6.72. The van der Waals surface area contributed by atoms with Gasteiger partial charge in [0, 0.05) is 19.8 Å². The van der Waals surface area contributed by atoms with Crippen molar-refractivity contribution in [3.05, 3.63) is 0 Å². The molecule has 0 rings (SSSR count). The Morgan fingerprint density at radius 2 is 1.93 bits per heavy atom. The lowest BCUT2D eigenvalue weighted by molar-refractivity contribution is 0.147. The van der Waals surface area contributed by atoms with E-state index in [2.05, 4.69) is 19.2 Å². The first-order valence-electron chi connectivity index (χ1n) is 5.55. The highest BCUT2D eigenvalue weighted by Gasteiger charge is 2.11. The molecular weight excluding hydrogens is 178 g/mol. The van der Waals surface area contributed by atoms with E-state index in [1.54, 1.807) is 7.11 Å². The molecule has 0 radical (unpaired) electrons. The summed E-state index contributed by atoms with van der Waals surface area (Å²) in [6.07, 6.45) is 3.15. The molecule has 2 N–H and O–H groups in total. The first kappa shape index (κ1) is 13.9. The van der Waals surface area contributed by atoms with Crippen LogP contribution in [0.3, 0.4) is 0 Å². The van der Waals surface area contributed by atoms with Crippen LogP contribution in [0.4, 0.5) is 0 Å². The lowest BCUT2D eigenvalue weighted by atomic mass is 10.1. The van der Waals surface area contributed by atoms with Crippen LogP contribution in [0.25, 0.3) is 0 Å². The van der Waals surface area contributed by atoms with Crippen molar-refractivity contribution >= 4 is 0 Å². The van der Waals surface area contributed by atoms with Gasteiger partial charge in [-0.25, -0.2) is 0 Å². The van der Waals surface area contributed by atoms with Crippen LogP contribution in [0.5, 0.6) is 0 Å². The number of aliphatic hydroxyl groups excluding tert-OH is 1. The molecule has 3 nitrogen and oxygen atoms in total. The summed E-state index contributed by atoms with van der Waals surface area (Å²) in [6.45, 7) is 6.50. The molecular formula is C11H25NO2. The second-order valence-corrected chi connectivity index (χ2v) is 4.04. The summed E-state index contributed by atoms with van der Waals surface area (Å²) in [7, 11) is 1.74. The molecule has 3 heteroatoms. The number of aliphatic hydroxyl groups is 1. The van der Waals surface area contributed by atoms with Crippen molar-refractivity contribution in [3.8, 4) is 0 Å². The van der Waals surface area contributed by atoms with Crippen molar-refractivity contribution in [2.24, 2.45) is 5.92 Å². The SMILES string of the molecule is COCC(NCCCCCO)C(C)C. The quantitative estimate of drug-likeness (QED) is 0.557. The normalized spacial score (nSPS) is 13.5. The highest BCUT2D eigenvalue weighted by Crippen LogP contribution is 2.02. The summed E-state index contributed by atoms with van der Waals surface area (Å²) in [5, 5.41) is 12.1. The monoisotopic (exact) mass is 203 g/mol. The van der Waals surface area contributed by atoms with Gasteiger partial charge in [-0.05, 0) is 31.7 Å². The zero-order chi connectivity index (χ0) is 10.8. The third kappa shape index (κ3) is 7.30. The maximum atomic E-state index is 8.61. The van der Waals surface area contributed by atoms with Gasteiger partial charge < -0.3 is 15.2 Å². The minimum Gasteiger partial charge on any atom is -0.396 e. The minimum atomic E-state index is 0.311. The van der Waals surface area contributed by atoms with Crippen molar-refractivity contribution < 1.29 is 9.84 Å². The molecule has 1 unspecified atom stereocenters. The van der Waals surface area contributed by atoms with Crippen molar-refractivity contribution in [1.82, 2.24) is 5.32 Å². The van der Waals surface area contributed by atoms with Crippen LogP contribution in [0.2, 0.25) is 0 Å². The van der Waals surface area contributed by atoms with Gasteiger partial charge in [0.1, 0.15) is 0 Å². The third-order valence-electron chi connectivity index (χ3n) is 2.39. The molecule has 0 aromatic rings. The predicted molar refractivity (Wildman–Crippen MR) is 59.4 cm³/mol. The van der Waals surface area contributed by atoms with E-state index in [0.717, 1.165) is 32.4 Å². The van der Waals surface area contributed by atoms with Gasteiger partial charge in [-0.1, -0.05) is 13.8 Å². The Morgan fingerprint density at radius 1 is 1.21 bits per heavy atom. The molecule has 1 atom stereocenters. The topological polar surface area (TPSA) is 41.5 Å². The number of unbranched alkanes of at least 4 members (excludes halogenated alkanes) is 2. The molecule has 0 aliphatic carbocycles.